The van der Waals surface area contributed by atoms with E-state index in [0.717, 1.165) is 10.9 Å². The minimum Gasteiger partial charge on any atom is -0.399 e. The Kier molecular flexibility index (Phi) is 3.36. The van der Waals surface area contributed by atoms with Crippen molar-refractivity contribution in [3.05, 3.63) is 60.3 Å². The maximum Gasteiger partial charge on any atom is 0.244 e. The second kappa shape index (κ2) is 5.32. The monoisotopic (exact) mass is 279 g/mol. The van der Waals surface area contributed by atoms with E-state index in [0.29, 0.717) is 11.4 Å². The standard InChI is InChI=1S/C17H17N3O/c1-12-5-6-16-13(9-12)7-8-20(16)11-17(21)19-15-4-2-3-14(18)10-15/h2-10H,11,18H2,1H3,(H,19,21). The van der Waals surface area contributed by atoms with Gasteiger partial charge >= 0.3 is 0 Å². The molecule has 0 fully saturated rings. The van der Waals surface area contributed by atoms with Crippen molar-refractivity contribution in [3.8, 4) is 0 Å². The number of aromatic nitrogens is 1. The average Bonchev–Trinajstić information content (AvgIpc) is 2.81. The molecule has 3 rings (SSSR count). The number of nitrogen functional groups attached to an aromatic ring is 1. The Balaban J connectivity index is 1.77. The number of amides is 1. The van der Waals surface area contributed by atoms with Gasteiger partial charge in [0.15, 0.2) is 0 Å². The lowest BCUT2D eigenvalue weighted by Gasteiger charge is -2.08. The molecule has 4 heteroatoms. The molecule has 0 atom stereocenters. The number of carbonyl (C=O) groups is 1. The Hall–Kier alpha value is -2.75. The molecule has 0 radical (unpaired) electrons. The number of anilines is 2. The Bertz CT molecular complexity index is 805. The fraction of sp³-hybridized carbons (Fsp3) is 0.118. The van der Waals surface area contributed by atoms with Crippen LogP contribution in [-0.2, 0) is 11.3 Å². The third-order valence-corrected chi connectivity index (χ3v) is 3.41. The number of hydrogen-bond acceptors (Lipinski definition) is 2. The number of nitrogens with zero attached hydrogens (tertiary/aromatic N) is 1. The highest BCUT2D eigenvalue weighted by Crippen LogP contribution is 2.18. The Morgan fingerprint density at radius 1 is 1.19 bits per heavy atom. The predicted molar refractivity (Wildman–Crippen MR) is 86.2 cm³/mol. The molecule has 0 saturated heterocycles. The number of rotatable bonds is 3. The van der Waals surface area contributed by atoms with Crippen molar-refractivity contribution in [2.75, 3.05) is 11.1 Å². The molecule has 0 bridgehead atoms. The summed E-state index contributed by atoms with van der Waals surface area (Å²) in [5, 5.41) is 4.00. The third-order valence-electron chi connectivity index (χ3n) is 3.41. The van der Waals surface area contributed by atoms with Crippen LogP contribution < -0.4 is 11.1 Å². The number of carbonyl (C=O) groups excluding carboxylic acids is 1. The smallest absolute Gasteiger partial charge is 0.244 e. The predicted octanol–water partition coefficient (Wildman–Crippen LogP) is 3.17. The number of nitrogens with two attached hydrogens (primary N) is 1. The van der Waals surface area contributed by atoms with E-state index in [9.17, 15) is 4.79 Å². The number of benzene rings is 2. The summed E-state index contributed by atoms with van der Waals surface area (Å²) < 4.78 is 1.94. The van der Waals surface area contributed by atoms with Gasteiger partial charge < -0.3 is 15.6 Å². The van der Waals surface area contributed by atoms with E-state index in [1.165, 1.54) is 5.56 Å². The van der Waals surface area contributed by atoms with Crippen LogP contribution in [0.25, 0.3) is 10.9 Å². The lowest BCUT2D eigenvalue weighted by molar-refractivity contribution is -0.116. The van der Waals surface area contributed by atoms with Gasteiger partial charge in [0, 0.05) is 23.1 Å². The van der Waals surface area contributed by atoms with Gasteiger partial charge in [0.1, 0.15) is 6.54 Å². The fourth-order valence-electron chi connectivity index (χ4n) is 2.43. The van der Waals surface area contributed by atoms with Crippen LogP contribution in [0.5, 0.6) is 0 Å². The van der Waals surface area contributed by atoms with E-state index in [1.807, 2.05) is 35.0 Å². The van der Waals surface area contributed by atoms with Crippen molar-refractivity contribution in [2.24, 2.45) is 0 Å². The van der Waals surface area contributed by atoms with Crippen LogP contribution in [-0.4, -0.2) is 10.5 Å². The summed E-state index contributed by atoms with van der Waals surface area (Å²) in [6, 6.07) is 15.4. The molecule has 0 unspecified atom stereocenters. The minimum absolute atomic E-state index is 0.0707. The molecule has 4 nitrogen and oxygen atoms in total. The van der Waals surface area contributed by atoms with Crippen LogP contribution in [0.2, 0.25) is 0 Å². The highest BCUT2D eigenvalue weighted by atomic mass is 16.1. The molecule has 0 saturated carbocycles. The molecule has 0 aliphatic carbocycles. The van der Waals surface area contributed by atoms with Crippen LogP contribution in [0.4, 0.5) is 11.4 Å². The highest BCUT2D eigenvalue weighted by molar-refractivity contribution is 5.92. The largest absolute Gasteiger partial charge is 0.399 e. The maximum atomic E-state index is 12.1. The van der Waals surface area contributed by atoms with E-state index in [1.54, 1.807) is 12.1 Å². The van der Waals surface area contributed by atoms with Gasteiger partial charge in [-0.05, 0) is 48.7 Å². The second-order valence-electron chi connectivity index (χ2n) is 5.18. The van der Waals surface area contributed by atoms with E-state index < -0.39 is 0 Å². The van der Waals surface area contributed by atoms with Crippen LogP contribution in [0.15, 0.2) is 54.7 Å². The zero-order valence-electron chi connectivity index (χ0n) is 11.8. The van der Waals surface area contributed by atoms with Gasteiger partial charge in [0.25, 0.3) is 0 Å². The van der Waals surface area contributed by atoms with Crippen LogP contribution in [0.1, 0.15) is 5.56 Å². The molecule has 0 aliphatic rings. The number of hydrogen-bond donors (Lipinski definition) is 2. The normalized spacial score (nSPS) is 10.7. The first-order valence-corrected chi connectivity index (χ1v) is 6.83. The Morgan fingerprint density at radius 3 is 2.86 bits per heavy atom. The summed E-state index contributed by atoms with van der Waals surface area (Å²) in [6.07, 6.45) is 1.93. The van der Waals surface area contributed by atoms with Gasteiger partial charge in [-0.3, -0.25) is 4.79 Å². The van der Waals surface area contributed by atoms with Gasteiger partial charge in [0.05, 0.1) is 0 Å². The van der Waals surface area contributed by atoms with Gasteiger partial charge in [0.2, 0.25) is 5.91 Å². The van der Waals surface area contributed by atoms with Crippen molar-refractivity contribution in [3.63, 3.8) is 0 Å². The zero-order chi connectivity index (χ0) is 14.8. The molecule has 1 amide bonds. The topological polar surface area (TPSA) is 60.0 Å². The summed E-state index contributed by atoms with van der Waals surface area (Å²) in [5.41, 5.74) is 9.32. The molecular formula is C17H17N3O. The van der Waals surface area contributed by atoms with Crippen molar-refractivity contribution >= 4 is 28.2 Å². The first-order chi connectivity index (χ1) is 10.1. The molecule has 0 aliphatic heterocycles. The summed E-state index contributed by atoms with van der Waals surface area (Å²) in [6.45, 7) is 2.34. The molecule has 1 heterocycles. The quantitative estimate of drug-likeness (QED) is 0.723. The van der Waals surface area contributed by atoms with Crippen molar-refractivity contribution in [2.45, 2.75) is 13.5 Å². The molecule has 1 aromatic heterocycles. The number of nitrogens with one attached hydrogen (secondary N) is 1. The summed E-state index contributed by atoms with van der Waals surface area (Å²) in [5.74, 6) is -0.0707. The second-order valence-corrected chi connectivity index (χ2v) is 5.18. The van der Waals surface area contributed by atoms with E-state index in [2.05, 4.69) is 24.4 Å². The molecule has 3 aromatic rings. The minimum atomic E-state index is -0.0707. The Labute approximate surface area is 123 Å². The molecule has 106 valence electrons. The summed E-state index contributed by atoms with van der Waals surface area (Å²) >= 11 is 0. The van der Waals surface area contributed by atoms with Crippen molar-refractivity contribution < 1.29 is 4.79 Å². The van der Waals surface area contributed by atoms with Crippen LogP contribution in [0, 0.1) is 6.92 Å². The Morgan fingerprint density at radius 2 is 2.05 bits per heavy atom. The van der Waals surface area contributed by atoms with Crippen molar-refractivity contribution in [1.29, 1.82) is 0 Å². The van der Waals surface area contributed by atoms with Gasteiger partial charge in [-0.15, -0.1) is 0 Å². The van der Waals surface area contributed by atoms with Crippen LogP contribution in [0.3, 0.4) is 0 Å². The molecule has 2 aromatic carbocycles. The summed E-state index contributed by atoms with van der Waals surface area (Å²) in [4.78, 5) is 12.1. The zero-order valence-corrected chi connectivity index (χ0v) is 11.8. The fourth-order valence-corrected chi connectivity index (χ4v) is 2.43. The first kappa shape index (κ1) is 13.2. The van der Waals surface area contributed by atoms with Gasteiger partial charge in [-0.1, -0.05) is 17.7 Å². The number of aryl methyl sites for hydroxylation is 1. The lowest BCUT2D eigenvalue weighted by Crippen LogP contribution is -2.18. The SMILES string of the molecule is Cc1ccc2c(ccn2CC(=O)Nc2cccc(N)c2)c1. The van der Waals surface area contributed by atoms with Crippen molar-refractivity contribution in [1.82, 2.24) is 4.57 Å². The van der Waals surface area contributed by atoms with E-state index in [4.69, 9.17) is 5.73 Å². The average molecular weight is 279 g/mol. The van der Waals surface area contributed by atoms with E-state index in [-0.39, 0.29) is 12.5 Å². The molecular weight excluding hydrogens is 262 g/mol. The molecule has 0 spiro atoms. The lowest BCUT2D eigenvalue weighted by atomic mass is 10.2. The number of fused-ring (bicyclic) bond motifs is 1. The third kappa shape index (κ3) is 2.89. The summed E-state index contributed by atoms with van der Waals surface area (Å²) in [7, 11) is 0. The van der Waals surface area contributed by atoms with E-state index >= 15 is 0 Å². The molecule has 3 N–H and O–H groups in total. The highest BCUT2D eigenvalue weighted by Gasteiger charge is 2.07. The molecule has 21 heavy (non-hydrogen) atoms. The van der Waals surface area contributed by atoms with Gasteiger partial charge in [-0.2, -0.15) is 0 Å². The van der Waals surface area contributed by atoms with Gasteiger partial charge in [-0.25, -0.2) is 0 Å². The maximum absolute atomic E-state index is 12.1. The van der Waals surface area contributed by atoms with Crippen LogP contribution >= 0.6 is 0 Å². The first-order valence-electron chi connectivity index (χ1n) is 6.83.